The monoisotopic (exact) mass is 269 g/mol. The van der Waals surface area contributed by atoms with E-state index in [2.05, 4.69) is 5.32 Å². The molecule has 2 N–H and O–H groups in total. The third-order valence-electron chi connectivity index (χ3n) is 2.70. The van der Waals surface area contributed by atoms with Crippen LogP contribution in [-0.4, -0.2) is 32.5 Å². The number of nitro groups is 1. The van der Waals surface area contributed by atoms with Gasteiger partial charge >= 0.3 is 11.8 Å². The van der Waals surface area contributed by atoms with Crippen molar-refractivity contribution in [2.24, 2.45) is 7.05 Å². The second-order valence-corrected chi connectivity index (χ2v) is 4.05. The van der Waals surface area contributed by atoms with Crippen molar-refractivity contribution in [2.45, 2.75) is 25.8 Å². The van der Waals surface area contributed by atoms with Crippen molar-refractivity contribution in [3.05, 3.63) is 27.9 Å². The lowest BCUT2D eigenvalue weighted by atomic mass is 10.1. The molecule has 0 saturated heterocycles. The summed E-state index contributed by atoms with van der Waals surface area (Å²) in [4.78, 5) is 32.8. The van der Waals surface area contributed by atoms with E-state index in [0.717, 1.165) is 4.57 Å². The van der Waals surface area contributed by atoms with Crippen LogP contribution >= 0.6 is 0 Å². The minimum absolute atomic E-state index is 0.0500. The smallest absolute Gasteiger partial charge is 0.326 e. The molecule has 8 nitrogen and oxygen atoms in total. The normalized spacial score (nSPS) is 11.9. The van der Waals surface area contributed by atoms with Gasteiger partial charge in [-0.15, -0.1) is 0 Å². The van der Waals surface area contributed by atoms with Gasteiger partial charge in [0.05, 0.1) is 7.05 Å². The summed E-state index contributed by atoms with van der Waals surface area (Å²) in [6.45, 7) is 1.80. The molecule has 0 fully saturated rings. The van der Waals surface area contributed by atoms with E-state index in [0.29, 0.717) is 12.8 Å². The van der Waals surface area contributed by atoms with E-state index in [9.17, 15) is 19.7 Å². The Bertz CT molecular complexity index is 508. The van der Waals surface area contributed by atoms with Gasteiger partial charge in [0.15, 0.2) is 5.69 Å². The Labute approximate surface area is 109 Å². The van der Waals surface area contributed by atoms with Gasteiger partial charge in [0.25, 0.3) is 5.91 Å². The van der Waals surface area contributed by atoms with Crippen LogP contribution < -0.4 is 5.32 Å². The summed E-state index contributed by atoms with van der Waals surface area (Å²) in [5.41, 5.74) is 0.0500. The van der Waals surface area contributed by atoms with E-state index in [4.69, 9.17) is 5.11 Å². The van der Waals surface area contributed by atoms with Gasteiger partial charge in [0, 0.05) is 6.07 Å². The molecule has 1 aromatic heterocycles. The molecule has 0 aromatic carbocycles. The number of carboxylic acids is 1. The topological polar surface area (TPSA) is 114 Å². The first kappa shape index (κ1) is 14.7. The van der Waals surface area contributed by atoms with Crippen molar-refractivity contribution >= 4 is 17.7 Å². The van der Waals surface area contributed by atoms with Crippen LogP contribution in [0, 0.1) is 10.1 Å². The Kier molecular flexibility index (Phi) is 4.62. The van der Waals surface area contributed by atoms with E-state index >= 15 is 0 Å². The van der Waals surface area contributed by atoms with Crippen molar-refractivity contribution in [3.8, 4) is 0 Å². The van der Waals surface area contributed by atoms with Crippen LogP contribution in [0.5, 0.6) is 0 Å². The molecule has 0 spiro atoms. The summed E-state index contributed by atoms with van der Waals surface area (Å²) >= 11 is 0. The van der Waals surface area contributed by atoms with Crippen LogP contribution in [0.4, 0.5) is 5.82 Å². The van der Waals surface area contributed by atoms with Crippen LogP contribution in [0.25, 0.3) is 0 Å². The van der Waals surface area contributed by atoms with E-state index in [1.807, 2.05) is 0 Å². The molecule has 0 radical (unpaired) electrons. The first-order valence-electron chi connectivity index (χ1n) is 5.72. The molecule has 1 atom stereocenters. The van der Waals surface area contributed by atoms with E-state index in [1.165, 1.54) is 19.2 Å². The van der Waals surface area contributed by atoms with Crippen LogP contribution in [0.3, 0.4) is 0 Å². The zero-order valence-electron chi connectivity index (χ0n) is 10.6. The Hall–Kier alpha value is -2.38. The van der Waals surface area contributed by atoms with Crippen LogP contribution in [0.2, 0.25) is 0 Å². The number of carbonyl (C=O) groups excluding carboxylic acids is 1. The standard InChI is InChI=1S/C11H15N3O5/c1-3-4-7(11(16)17)12-10(15)8-5-6-9(13(8)2)14(18)19/h5-7H,3-4H2,1-2H3,(H,12,15)(H,16,17). The van der Waals surface area contributed by atoms with Crippen molar-refractivity contribution in [2.75, 3.05) is 0 Å². The highest BCUT2D eigenvalue weighted by molar-refractivity contribution is 5.95. The zero-order valence-corrected chi connectivity index (χ0v) is 10.6. The molecule has 0 aliphatic heterocycles. The summed E-state index contributed by atoms with van der Waals surface area (Å²) in [6.07, 6.45) is 0.901. The first-order chi connectivity index (χ1) is 8.88. The molecular formula is C11H15N3O5. The van der Waals surface area contributed by atoms with Gasteiger partial charge in [-0.3, -0.25) is 4.79 Å². The lowest BCUT2D eigenvalue weighted by molar-refractivity contribution is -0.391. The predicted octanol–water partition coefficient (Wildman–Crippen LogP) is 0.916. The lowest BCUT2D eigenvalue weighted by Gasteiger charge is -2.12. The Morgan fingerprint density at radius 2 is 2.16 bits per heavy atom. The van der Waals surface area contributed by atoms with Gasteiger partial charge in [0.1, 0.15) is 6.04 Å². The number of nitrogens with one attached hydrogen (secondary N) is 1. The SMILES string of the molecule is CCCC(NC(=O)c1ccc([N+](=O)[O-])n1C)C(=O)O. The maximum absolute atomic E-state index is 11.9. The van der Waals surface area contributed by atoms with E-state index in [-0.39, 0.29) is 11.5 Å². The average Bonchev–Trinajstić information content (AvgIpc) is 2.70. The maximum Gasteiger partial charge on any atom is 0.326 e. The zero-order chi connectivity index (χ0) is 14.6. The fourth-order valence-electron chi connectivity index (χ4n) is 1.69. The number of aliphatic carboxylic acids is 1. The number of hydrogen-bond acceptors (Lipinski definition) is 4. The second kappa shape index (κ2) is 5.98. The predicted molar refractivity (Wildman–Crippen MR) is 65.9 cm³/mol. The third-order valence-corrected chi connectivity index (χ3v) is 2.70. The lowest BCUT2D eigenvalue weighted by Crippen LogP contribution is -2.41. The number of carboxylic acid groups (broad SMARTS) is 1. The molecule has 1 rings (SSSR count). The van der Waals surface area contributed by atoms with Crippen LogP contribution in [0.15, 0.2) is 12.1 Å². The first-order valence-corrected chi connectivity index (χ1v) is 5.72. The van der Waals surface area contributed by atoms with Crippen molar-refractivity contribution < 1.29 is 19.6 Å². The molecule has 1 heterocycles. The quantitative estimate of drug-likeness (QED) is 0.588. The molecule has 8 heteroatoms. The fraction of sp³-hybridized carbons (Fsp3) is 0.455. The van der Waals surface area contributed by atoms with Gasteiger partial charge in [-0.25, -0.2) is 9.36 Å². The van der Waals surface area contributed by atoms with Crippen molar-refractivity contribution in [3.63, 3.8) is 0 Å². The highest BCUT2D eigenvalue weighted by atomic mass is 16.6. The molecule has 0 saturated carbocycles. The van der Waals surface area contributed by atoms with Crippen molar-refractivity contribution in [1.29, 1.82) is 0 Å². The molecule has 0 aliphatic carbocycles. The summed E-state index contributed by atoms with van der Waals surface area (Å²) in [6, 6.07) is 1.49. The highest BCUT2D eigenvalue weighted by Crippen LogP contribution is 2.15. The van der Waals surface area contributed by atoms with Crippen molar-refractivity contribution in [1.82, 2.24) is 9.88 Å². The third kappa shape index (κ3) is 3.30. The average molecular weight is 269 g/mol. The summed E-state index contributed by atoms with van der Waals surface area (Å²) in [5, 5.41) is 21.9. The molecule has 1 aromatic rings. The van der Waals surface area contributed by atoms with Crippen LogP contribution in [0.1, 0.15) is 30.3 Å². The molecule has 1 amide bonds. The summed E-state index contributed by atoms with van der Waals surface area (Å²) < 4.78 is 1.11. The Morgan fingerprint density at radius 3 is 2.58 bits per heavy atom. The van der Waals surface area contributed by atoms with Gasteiger partial charge in [-0.05, 0) is 17.4 Å². The number of aromatic nitrogens is 1. The molecule has 19 heavy (non-hydrogen) atoms. The molecule has 1 unspecified atom stereocenters. The Balaban J connectivity index is 2.89. The van der Waals surface area contributed by atoms with Gasteiger partial charge in [-0.1, -0.05) is 13.3 Å². The largest absolute Gasteiger partial charge is 0.480 e. The highest BCUT2D eigenvalue weighted by Gasteiger charge is 2.25. The summed E-state index contributed by atoms with van der Waals surface area (Å²) in [5.74, 6) is -2.00. The van der Waals surface area contributed by atoms with E-state index in [1.54, 1.807) is 6.92 Å². The number of carbonyl (C=O) groups is 2. The molecule has 0 aliphatic rings. The number of rotatable bonds is 6. The maximum atomic E-state index is 11.9. The minimum Gasteiger partial charge on any atom is -0.480 e. The molecule has 104 valence electrons. The van der Waals surface area contributed by atoms with Crippen LogP contribution in [-0.2, 0) is 11.8 Å². The fourth-order valence-corrected chi connectivity index (χ4v) is 1.69. The Morgan fingerprint density at radius 1 is 1.53 bits per heavy atom. The minimum atomic E-state index is -1.13. The number of nitrogens with zero attached hydrogens (tertiary/aromatic N) is 2. The number of amides is 1. The van der Waals surface area contributed by atoms with Gasteiger partial charge in [-0.2, -0.15) is 0 Å². The second-order valence-electron chi connectivity index (χ2n) is 4.05. The number of hydrogen-bond donors (Lipinski definition) is 2. The molecule has 0 bridgehead atoms. The van der Waals surface area contributed by atoms with Gasteiger partial charge < -0.3 is 20.5 Å². The molecular weight excluding hydrogens is 254 g/mol. The van der Waals surface area contributed by atoms with E-state index < -0.39 is 22.8 Å². The summed E-state index contributed by atoms with van der Waals surface area (Å²) in [7, 11) is 1.38. The van der Waals surface area contributed by atoms with Gasteiger partial charge in [0.2, 0.25) is 0 Å².